The van der Waals surface area contributed by atoms with Crippen LogP contribution in [0.1, 0.15) is 63.1 Å². The Labute approximate surface area is 282 Å². The number of aliphatic hydroxyl groups excluding tert-OH is 1. The number of anilines is 1. The van der Waals surface area contributed by atoms with Gasteiger partial charge in [0.2, 0.25) is 0 Å². The van der Waals surface area contributed by atoms with E-state index in [2.05, 4.69) is 5.32 Å². The van der Waals surface area contributed by atoms with Gasteiger partial charge < -0.3 is 25.8 Å². The fourth-order valence-corrected chi connectivity index (χ4v) is 7.66. The van der Waals surface area contributed by atoms with Crippen LogP contribution in [0.15, 0.2) is 72.8 Å². The largest absolute Gasteiger partial charge is 0.445 e. The molecule has 3 aromatic carbocycles. The summed E-state index contributed by atoms with van der Waals surface area (Å²) >= 11 is 0. The Hall–Kier alpha value is -3.87. The van der Waals surface area contributed by atoms with E-state index in [1.54, 1.807) is 42.5 Å². The third kappa shape index (κ3) is 11.7. The lowest BCUT2D eigenvalue weighted by Gasteiger charge is -2.32. The van der Waals surface area contributed by atoms with Gasteiger partial charge in [0.1, 0.15) is 24.3 Å². The van der Waals surface area contributed by atoms with Crippen LogP contribution in [0.4, 0.5) is 19.3 Å². The number of ether oxygens (including phenoxy) is 1. The van der Waals surface area contributed by atoms with E-state index in [4.69, 9.17) is 10.5 Å². The molecular weight excluding hydrogens is 640 g/mol. The van der Waals surface area contributed by atoms with Crippen molar-refractivity contribution in [1.29, 1.82) is 0 Å². The second-order valence-corrected chi connectivity index (χ2v) is 14.3. The quantitative estimate of drug-likeness (QED) is 0.161. The minimum Gasteiger partial charge on any atom is -0.445 e. The number of carbonyl (C=O) groups excluding carboxylic acids is 2. The van der Waals surface area contributed by atoms with E-state index >= 15 is 0 Å². The number of amides is 2. The molecule has 3 aromatic rings. The highest BCUT2D eigenvalue weighted by Crippen LogP contribution is 2.22. The Bertz CT molecular complexity index is 1570. The maximum Gasteiger partial charge on any atom is 0.408 e. The van der Waals surface area contributed by atoms with Crippen molar-refractivity contribution in [3.63, 3.8) is 0 Å². The second kappa shape index (κ2) is 18.6. The molecule has 3 atom stereocenters. The van der Waals surface area contributed by atoms with Crippen LogP contribution in [0.25, 0.3) is 0 Å². The van der Waals surface area contributed by atoms with Gasteiger partial charge >= 0.3 is 6.09 Å². The van der Waals surface area contributed by atoms with E-state index in [1.807, 2.05) is 32.9 Å². The summed E-state index contributed by atoms with van der Waals surface area (Å²) in [7, 11) is -3.90. The van der Waals surface area contributed by atoms with Crippen LogP contribution in [0.2, 0.25) is 0 Å². The van der Waals surface area contributed by atoms with Crippen molar-refractivity contribution < 1.29 is 36.6 Å². The monoisotopic (exact) mass is 687 g/mol. The van der Waals surface area contributed by atoms with Gasteiger partial charge in [-0.15, -0.1) is 0 Å². The molecule has 0 heterocycles. The number of alkyl carbamates (subject to hydrolysis) is 1. The Balaban J connectivity index is 1.96. The normalized spacial score (nSPS) is 13.5. The van der Waals surface area contributed by atoms with Crippen molar-refractivity contribution in [2.45, 2.75) is 89.3 Å². The van der Waals surface area contributed by atoms with Crippen molar-refractivity contribution in [2.75, 3.05) is 17.2 Å². The van der Waals surface area contributed by atoms with Crippen LogP contribution < -0.4 is 16.0 Å². The highest BCUT2D eigenvalue weighted by molar-refractivity contribution is 7.92. The summed E-state index contributed by atoms with van der Waals surface area (Å²) in [5, 5.41) is 13.0. The molecule has 9 nitrogen and oxygen atoms in total. The molecule has 0 aromatic heterocycles. The summed E-state index contributed by atoms with van der Waals surface area (Å²) in [6.45, 7) is 5.19. The molecule has 0 spiro atoms. The third-order valence-corrected chi connectivity index (χ3v) is 10.4. The number of carbonyl (C=O) groups is 2. The molecule has 3 rings (SSSR count). The zero-order valence-electron chi connectivity index (χ0n) is 27.8. The highest BCUT2D eigenvalue weighted by atomic mass is 32.2. The number of nitrogens with zero attached hydrogens (tertiary/aromatic N) is 1. The minimum absolute atomic E-state index is 0.106. The van der Waals surface area contributed by atoms with Crippen molar-refractivity contribution in [3.05, 3.63) is 101 Å². The predicted molar refractivity (Wildman–Crippen MR) is 183 cm³/mol. The first-order valence-electron chi connectivity index (χ1n) is 16.3. The maximum absolute atomic E-state index is 14.4. The highest BCUT2D eigenvalue weighted by Gasteiger charge is 2.36. The van der Waals surface area contributed by atoms with Crippen LogP contribution in [0.5, 0.6) is 0 Å². The van der Waals surface area contributed by atoms with E-state index in [-0.39, 0.29) is 18.6 Å². The molecule has 0 aliphatic rings. The van der Waals surface area contributed by atoms with Gasteiger partial charge in [-0.1, -0.05) is 76.1 Å². The Kier molecular flexibility index (Phi) is 15.0. The lowest BCUT2D eigenvalue weighted by molar-refractivity contribution is -0.120. The van der Waals surface area contributed by atoms with E-state index < -0.39 is 69.2 Å². The first kappa shape index (κ1) is 38.6. The number of halogens is 2. The van der Waals surface area contributed by atoms with Crippen LogP contribution in [0, 0.1) is 11.6 Å². The van der Waals surface area contributed by atoms with Gasteiger partial charge in [0.25, 0.3) is 5.91 Å². The van der Waals surface area contributed by atoms with Crippen LogP contribution in [-0.4, -0.2) is 61.3 Å². The topological polar surface area (TPSA) is 139 Å². The molecule has 0 bridgehead atoms. The molecule has 48 heavy (non-hydrogen) atoms. The summed E-state index contributed by atoms with van der Waals surface area (Å²) in [6.07, 6.45) is 0.154. The van der Waals surface area contributed by atoms with Gasteiger partial charge in [-0.05, 0) is 66.6 Å². The average molecular weight is 688 g/mol. The van der Waals surface area contributed by atoms with Crippen molar-refractivity contribution in [2.24, 2.45) is 5.73 Å². The Morgan fingerprint density at radius 3 is 2.12 bits per heavy atom. The molecule has 0 aliphatic heterocycles. The molecule has 4 N–H and O–H groups in total. The van der Waals surface area contributed by atoms with E-state index in [0.717, 1.165) is 23.8 Å². The van der Waals surface area contributed by atoms with Crippen LogP contribution in [-0.2, 0) is 38.8 Å². The summed E-state index contributed by atoms with van der Waals surface area (Å²) in [5.41, 5.74) is 8.40. The first-order valence-corrected chi connectivity index (χ1v) is 18.1. The molecule has 2 amide bonds. The van der Waals surface area contributed by atoms with Gasteiger partial charge in [0.15, 0.2) is 9.84 Å². The van der Waals surface area contributed by atoms with Gasteiger partial charge in [0, 0.05) is 17.8 Å². The van der Waals surface area contributed by atoms with E-state index in [1.165, 1.54) is 4.90 Å². The number of hydrogen-bond acceptors (Lipinski definition) is 7. The third-order valence-electron chi connectivity index (χ3n) is 8.09. The first-order chi connectivity index (χ1) is 22.9. The zero-order chi connectivity index (χ0) is 35.3. The fourth-order valence-electron chi connectivity index (χ4n) is 5.51. The number of benzene rings is 3. The van der Waals surface area contributed by atoms with Gasteiger partial charge in [0.05, 0.1) is 23.7 Å². The maximum atomic E-state index is 14.4. The number of nitrogens with one attached hydrogen (secondary N) is 1. The van der Waals surface area contributed by atoms with E-state index in [0.29, 0.717) is 43.4 Å². The number of nitrogens with two attached hydrogens (primary N) is 1. The molecule has 12 heteroatoms. The zero-order valence-corrected chi connectivity index (χ0v) is 28.6. The minimum atomic E-state index is -3.90. The standard InChI is InChI=1S/C36H47F2N3O6S/c1-4-11-31(12-5-2)48(45,46)24-33(40-36(44)47-23-26-13-8-7-9-14-26)35(43)41(30-16-10-15-25(6-3)19-30)22-34(42)32(39)20-27-17-28(37)21-29(38)18-27/h7-10,13-19,21,31-34,42H,4-6,11-12,20,22-24,39H2,1-3H3,(H,40,44)/t32-,33?,34+/m0/s1. The number of aryl methyl sites for hydroxylation is 1. The number of aliphatic hydroxyl groups is 1. The van der Waals surface area contributed by atoms with E-state index in [9.17, 15) is 31.9 Å². The van der Waals surface area contributed by atoms with Gasteiger partial charge in [-0.25, -0.2) is 22.0 Å². The van der Waals surface area contributed by atoms with Crippen molar-refractivity contribution in [3.8, 4) is 0 Å². The predicted octanol–water partition coefficient (Wildman–Crippen LogP) is 5.47. The molecule has 0 fully saturated rings. The van der Waals surface area contributed by atoms with Gasteiger partial charge in [-0.2, -0.15) is 0 Å². The lowest BCUT2D eigenvalue weighted by atomic mass is 10.0. The molecular formula is C36H47F2N3O6S. The molecule has 1 unspecified atom stereocenters. The van der Waals surface area contributed by atoms with Gasteiger partial charge in [-0.3, -0.25) is 4.79 Å². The molecule has 0 radical (unpaired) electrons. The summed E-state index contributed by atoms with van der Waals surface area (Å²) in [4.78, 5) is 28.7. The second-order valence-electron chi connectivity index (χ2n) is 12.0. The van der Waals surface area contributed by atoms with Crippen LogP contribution in [0.3, 0.4) is 0 Å². The summed E-state index contributed by atoms with van der Waals surface area (Å²) in [6, 6.07) is 16.1. The summed E-state index contributed by atoms with van der Waals surface area (Å²) < 4.78 is 60.5. The molecule has 262 valence electrons. The molecule has 0 saturated heterocycles. The van der Waals surface area contributed by atoms with Crippen molar-refractivity contribution >= 4 is 27.5 Å². The number of rotatable bonds is 18. The lowest BCUT2D eigenvalue weighted by Crippen LogP contribution is -2.56. The fraction of sp³-hybridized carbons (Fsp3) is 0.444. The molecule has 0 aliphatic carbocycles. The number of hydrogen-bond donors (Lipinski definition) is 3. The summed E-state index contributed by atoms with van der Waals surface area (Å²) in [5.74, 6) is -3.07. The van der Waals surface area contributed by atoms with Crippen LogP contribution >= 0.6 is 0 Å². The Morgan fingerprint density at radius 2 is 1.52 bits per heavy atom. The average Bonchev–Trinajstić information content (AvgIpc) is 3.05. The Morgan fingerprint density at radius 1 is 0.896 bits per heavy atom. The SMILES string of the molecule is CCCC(CCC)S(=O)(=O)CC(NC(=O)OCc1ccccc1)C(=O)N(C[C@@H](O)[C@@H](N)Cc1cc(F)cc(F)c1)c1cccc(CC)c1. The number of sulfone groups is 1. The van der Waals surface area contributed by atoms with Crippen molar-refractivity contribution in [1.82, 2.24) is 5.32 Å². The molecule has 0 saturated carbocycles. The smallest absolute Gasteiger partial charge is 0.408 e.